The van der Waals surface area contributed by atoms with Crippen LogP contribution in [0.1, 0.15) is 64.7 Å². The van der Waals surface area contributed by atoms with Crippen LogP contribution >= 0.6 is 0 Å². The first-order chi connectivity index (χ1) is 9.72. The second-order valence-corrected chi connectivity index (χ2v) is 6.44. The number of nitrogens with zero attached hydrogens (tertiary/aromatic N) is 2. The summed E-state index contributed by atoms with van der Waals surface area (Å²) in [6.07, 6.45) is 11.6. The largest absolute Gasteiger partial charge is 0.351 e. The normalized spacial score (nSPS) is 25.9. The monoisotopic (exact) mass is 281 g/mol. The van der Waals surface area contributed by atoms with E-state index in [1.165, 1.54) is 58.0 Å². The number of urea groups is 1. The highest BCUT2D eigenvalue weighted by Crippen LogP contribution is 2.25. The molecule has 0 bridgehead atoms. The Labute approximate surface area is 123 Å². The minimum Gasteiger partial charge on any atom is -0.351 e. The fourth-order valence-electron chi connectivity index (χ4n) is 3.72. The number of likely N-dealkylation sites (tertiary alicyclic amines) is 2. The predicted molar refractivity (Wildman–Crippen MR) is 82.7 cm³/mol. The fraction of sp³-hybridized carbons (Fsp3) is 0.938. The summed E-state index contributed by atoms with van der Waals surface area (Å²) >= 11 is 0. The molecule has 2 unspecified atom stereocenters. The van der Waals surface area contributed by atoms with Crippen molar-refractivity contribution in [1.82, 2.24) is 9.80 Å². The maximum absolute atomic E-state index is 11.2. The van der Waals surface area contributed by atoms with E-state index < -0.39 is 0 Å². The lowest BCUT2D eigenvalue weighted by Gasteiger charge is -2.41. The summed E-state index contributed by atoms with van der Waals surface area (Å²) < 4.78 is 0. The van der Waals surface area contributed by atoms with E-state index in [0.717, 1.165) is 19.4 Å². The zero-order valence-electron chi connectivity index (χ0n) is 13.0. The van der Waals surface area contributed by atoms with Gasteiger partial charge in [-0.05, 0) is 51.6 Å². The van der Waals surface area contributed by atoms with E-state index in [4.69, 9.17) is 5.73 Å². The average Bonchev–Trinajstić information content (AvgIpc) is 2.64. The van der Waals surface area contributed by atoms with E-state index in [1.54, 1.807) is 0 Å². The molecule has 0 saturated carbocycles. The lowest BCUT2D eigenvalue weighted by molar-refractivity contribution is 0.101. The van der Waals surface area contributed by atoms with Crippen molar-refractivity contribution in [2.45, 2.75) is 76.8 Å². The van der Waals surface area contributed by atoms with Crippen molar-refractivity contribution in [3.8, 4) is 0 Å². The maximum atomic E-state index is 11.2. The Morgan fingerprint density at radius 2 is 1.85 bits per heavy atom. The molecule has 2 fully saturated rings. The topological polar surface area (TPSA) is 49.6 Å². The highest BCUT2D eigenvalue weighted by atomic mass is 16.2. The molecule has 116 valence electrons. The van der Waals surface area contributed by atoms with Gasteiger partial charge in [0, 0.05) is 18.6 Å². The number of primary amides is 1. The number of hydrogen-bond acceptors (Lipinski definition) is 2. The fourth-order valence-corrected chi connectivity index (χ4v) is 3.72. The molecule has 20 heavy (non-hydrogen) atoms. The van der Waals surface area contributed by atoms with Gasteiger partial charge in [-0.25, -0.2) is 4.79 Å². The molecule has 2 aliphatic rings. The van der Waals surface area contributed by atoms with Gasteiger partial charge in [-0.15, -0.1) is 0 Å². The van der Waals surface area contributed by atoms with Gasteiger partial charge in [0.15, 0.2) is 0 Å². The lowest BCUT2D eigenvalue weighted by Crippen LogP contribution is -2.53. The van der Waals surface area contributed by atoms with Crippen LogP contribution in [0.25, 0.3) is 0 Å². The Bertz CT molecular complexity index is 300. The van der Waals surface area contributed by atoms with Crippen molar-refractivity contribution in [3.05, 3.63) is 0 Å². The number of hydrogen-bond donors (Lipinski definition) is 1. The third kappa shape index (κ3) is 4.11. The summed E-state index contributed by atoms with van der Waals surface area (Å²) in [6, 6.07) is 0.898. The highest BCUT2D eigenvalue weighted by molar-refractivity contribution is 5.73. The molecule has 0 aromatic rings. The summed E-state index contributed by atoms with van der Waals surface area (Å²) in [5.74, 6) is 0. The van der Waals surface area contributed by atoms with Gasteiger partial charge in [0.25, 0.3) is 0 Å². The van der Waals surface area contributed by atoms with Gasteiger partial charge in [0.2, 0.25) is 0 Å². The minimum absolute atomic E-state index is 0.233. The average molecular weight is 281 g/mol. The van der Waals surface area contributed by atoms with Crippen LogP contribution in [0.15, 0.2) is 0 Å². The van der Waals surface area contributed by atoms with Gasteiger partial charge < -0.3 is 15.5 Å². The molecule has 0 aliphatic carbocycles. The SMILES string of the molecule is CCCC(CCC1CCN1C(N)=O)N1CCCCCC1. The Balaban J connectivity index is 1.80. The first-order valence-corrected chi connectivity index (χ1v) is 8.52. The summed E-state index contributed by atoms with van der Waals surface area (Å²) in [5, 5.41) is 0. The van der Waals surface area contributed by atoms with Crippen molar-refractivity contribution in [1.29, 1.82) is 0 Å². The Hall–Kier alpha value is -0.770. The molecule has 2 saturated heterocycles. The van der Waals surface area contributed by atoms with Crippen LogP contribution in [0.3, 0.4) is 0 Å². The molecule has 2 heterocycles. The third-order valence-electron chi connectivity index (χ3n) is 5.04. The molecule has 0 radical (unpaired) electrons. The molecular formula is C16H31N3O. The van der Waals surface area contributed by atoms with Crippen molar-refractivity contribution < 1.29 is 4.79 Å². The third-order valence-corrected chi connectivity index (χ3v) is 5.04. The predicted octanol–water partition coefficient (Wildman–Crippen LogP) is 2.96. The number of rotatable bonds is 6. The van der Waals surface area contributed by atoms with Crippen LogP contribution in [0.4, 0.5) is 4.79 Å². The molecule has 0 aromatic heterocycles. The molecule has 4 heteroatoms. The zero-order chi connectivity index (χ0) is 14.4. The molecule has 2 rings (SSSR count). The number of carbonyl (C=O) groups is 1. The first-order valence-electron chi connectivity index (χ1n) is 8.52. The second kappa shape index (κ2) is 7.87. The van der Waals surface area contributed by atoms with E-state index in [1.807, 2.05) is 4.90 Å². The Morgan fingerprint density at radius 1 is 1.15 bits per heavy atom. The van der Waals surface area contributed by atoms with Crippen LogP contribution in [0, 0.1) is 0 Å². The molecule has 2 amide bonds. The van der Waals surface area contributed by atoms with Gasteiger partial charge in [0.1, 0.15) is 0 Å². The van der Waals surface area contributed by atoms with Crippen LogP contribution in [0.2, 0.25) is 0 Å². The van der Waals surface area contributed by atoms with Gasteiger partial charge >= 0.3 is 6.03 Å². The van der Waals surface area contributed by atoms with Crippen LogP contribution < -0.4 is 5.73 Å². The molecule has 0 spiro atoms. The van der Waals surface area contributed by atoms with E-state index >= 15 is 0 Å². The Morgan fingerprint density at radius 3 is 2.35 bits per heavy atom. The van der Waals surface area contributed by atoms with Gasteiger partial charge in [-0.3, -0.25) is 0 Å². The zero-order valence-corrected chi connectivity index (χ0v) is 13.0. The molecule has 4 nitrogen and oxygen atoms in total. The minimum atomic E-state index is -0.233. The summed E-state index contributed by atoms with van der Waals surface area (Å²) in [4.78, 5) is 15.8. The van der Waals surface area contributed by atoms with Crippen LogP contribution in [-0.2, 0) is 0 Å². The molecule has 2 N–H and O–H groups in total. The smallest absolute Gasteiger partial charge is 0.315 e. The number of nitrogens with two attached hydrogens (primary N) is 1. The number of amides is 2. The van der Waals surface area contributed by atoms with Crippen LogP contribution in [-0.4, -0.2) is 47.5 Å². The highest BCUT2D eigenvalue weighted by Gasteiger charge is 2.31. The van der Waals surface area contributed by atoms with Gasteiger partial charge in [-0.1, -0.05) is 26.2 Å². The molecular weight excluding hydrogens is 250 g/mol. The Kier molecular flexibility index (Phi) is 6.14. The maximum Gasteiger partial charge on any atom is 0.315 e. The van der Waals surface area contributed by atoms with Crippen molar-refractivity contribution >= 4 is 6.03 Å². The van der Waals surface area contributed by atoms with Gasteiger partial charge in [0.05, 0.1) is 0 Å². The van der Waals surface area contributed by atoms with Crippen LogP contribution in [0.5, 0.6) is 0 Å². The van der Waals surface area contributed by atoms with E-state index in [0.29, 0.717) is 12.1 Å². The summed E-state index contributed by atoms with van der Waals surface area (Å²) in [5.41, 5.74) is 5.39. The lowest BCUT2D eigenvalue weighted by atomic mass is 9.94. The quantitative estimate of drug-likeness (QED) is 0.813. The number of carbonyl (C=O) groups excluding carboxylic acids is 1. The van der Waals surface area contributed by atoms with Crippen molar-refractivity contribution in [3.63, 3.8) is 0 Å². The summed E-state index contributed by atoms with van der Waals surface area (Å²) in [7, 11) is 0. The van der Waals surface area contributed by atoms with Gasteiger partial charge in [-0.2, -0.15) is 0 Å². The molecule has 2 aliphatic heterocycles. The van der Waals surface area contributed by atoms with E-state index in [-0.39, 0.29) is 6.03 Å². The standard InChI is InChI=1S/C16H31N3O/c1-2-7-14(18-11-5-3-4-6-12-18)8-9-15-10-13-19(15)16(17)20/h14-15H,2-13H2,1H3,(H2,17,20). The second-order valence-electron chi connectivity index (χ2n) is 6.44. The van der Waals surface area contributed by atoms with Crippen molar-refractivity contribution in [2.75, 3.05) is 19.6 Å². The molecule has 0 aromatic carbocycles. The first kappa shape index (κ1) is 15.6. The molecule has 2 atom stereocenters. The van der Waals surface area contributed by atoms with E-state index in [9.17, 15) is 4.79 Å². The van der Waals surface area contributed by atoms with Crippen molar-refractivity contribution in [2.24, 2.45) is 5.73 Å². The summed E-state index contributed by atoms with van der Waals surface area (Å²) in [6.45, 7) is 5.69. The van der Waals surface area contributed by atoms with E-state index in [2.05, 4.69) is 11.8 Å².